The van der Waals surface area contributed by atoms with Crippen LogP contribution in [0.2, 0.25) is 0 Å². The van der Waals surface area contributed by atoms with Gasteiger partial charge in [-0.25, -0.2) is 0 Å². The Bertz CT molecular complexity index is 372. The van der Waals surface area contributed by atoms with Crippen molar-refractivity contribution in [1.29, 1.82) is 0 Å². The number of carbonyl (C=O) groups is 3. The van der Waals surface area contributed by atoms with E-state index < -0.39 is 35.2 Å². The largest absolute Gasteiger partial charge is 0.481 e. The molecule has 0 saturated heterocycles. The third-order valence-corrected chi connectivity index (χ3v) is 2.97. The zero-order chi connectivity index (χ0) is 12.5. The third kappa shape index (κ3) is 1.78. The van der Waals surface area contributed by atoms with Crippen LogP contribution in [-0.2, 0) is 14.4 Å². The van der Waals surface area contributed by atoms with E-state index >= 15 is 0 Å². The van der Waals surface area contributed by atoms with Gasteiger partial charge in [0, 0.05) is 0 Å². The van der Waals surface area contributed by atoms with E-state index in [1.165, 1.54) is 19.1 Å². The van der Waals surface area contributed by atoms with Gasteiger partial charge in [-0.2, -0.15) is 0 Å². The molecule has 0 heterocycles. The molecule has 1 rings (SSSR count). The van der Waals surface area contributed by atoms with Crippen LogP contribution < -0.4 is 0 Å². The van der Waals surface area contributed by atoms with Crippen molar-refractivity contribution in [2.24, 2.45) is 17.3 Å². The molecule has 0 saturated carbocycles. The van der Waals surface area contributed by atoms with Crippen LogP contribution in [0, 0.1) is 17.3 Å². The fourth-order valence-electron chi connectivity index (χ4n) is 1.97. The van der Waals surface area contributed by atoms with Gasteiger partial charge in [0.25, 0.3) is 0 Å². The number of carboxylic acids is 3. The van der Waals surface area contributed by atoms with Crippen molar-refractivity contribution in [2.75, 3.05) is 0 Å². The highest BCUT2D eigenvalue weighted by Gasteiger charge is 2.52. The van der Waals surface area contributed by atoms with Gasteiger partial charge in [0.2, 0.25) is 0 Å². The van der Waals surface area contributed by atoms with E-state index in [1.807, 2.05) is 0 Å². The second-order valence-corrected chi connectivity index (χ2v) is 4.03. The number of hydrogen-bond acceptors (Lipinski definition) is 3. The molecule has 3 unspecified atom stereocenters. The van der Waals surface area contributed by atoms with E-state index in [2.05, 4.69) is 0 Å². The Kier molecular flexibility index (Phi) is 3.02. The molecule has 0 aromatic heterocycles. The highest BCUT2D eigenvalue weighted by Crippen LogP contribution is 2.41. The molecule has 0 bridgehead atoms. The minimum absolute atomic E-state index is 0.0169. The number of allylic oxidation sites excluding steroid dienone is 1. The summed E-state index contributed by atoms with van der Waals surface area (Å²) in [6, 6.07) is 0. The maximum Gasteiger partial charge on any atom is 0.311 e. The van der Waals surface area contributed by atoms with Crippen molar-refractivity contribution in [1.82, 2.24) is 0 Å². The van der Waals surface area contributed by atoms with E-state index in [-0.39, 0.29) is 6.42 Å². The number of aliphatic carboxylic acids is 3. The molecule has 0 fully saturated rings. The molecule has 16 heavy (non-hydrogen) atoms. The van der Waals surface area contributed by atoms with Gasteiger partial charge in [0.15, 0.2) is 0 Å². The Labute approximate surface area is 91.2 Å². The van der Waals surface area contributed by atoms with Crippen LogP contribution in [0.5, 0.6) is 0 Å². The molecule has 1 aliphatic rings. The zero-order valence-corrected chi connectivity index (χ0v) is 8.58. The maximum atomic E-state index is 11.1. The Balaban J connectivity index is 3.23. The Morgan fingerprint density at radius 3 is 2.12 bits per heavy atom. The first kappa shape index (κ1) is 12.2. The number of rotatable bonds is 3. The van der Waals surface area contributed by atoms with E-state index in [1.54, 1.807) is 0 Å². The molecule has 6 nitrogen and oxygen atoms in total. The fourth-order valence-corrected chi connectivity index (χ4v) is 1.97. The minimum Gasteiger partial charge on any atom is -0.481 e. The SMILES string of the molecule is CC1(C(=O)O)CC=CC(C(=O)O)C1C(=O)O. The standard InChI is InChI=1S/C10H12O6/c1-10(9(15)16)4-2-3-5(7(11)12)6(10)8(13)14/h2-3,5-6H,4H2,1H3,(H,11,12)(H,13,14)(H,15,16). The summed E-state index contributed by atoms with van der Waals surface area (Å²) in [5.41, 5.74) is -1.58. The second-order valence-electron chi connectivity index (χ2n) is 4.03. The monoisotopic (exact) mass is 228 g/mol. The van der Waals surface area contributed by atoms with Crippen molar-refractivity contribution in [3.8, 4) is 0 Å². The molecule has 1 aliphatic carbocycles. The lowest BCUT2D eigenvalue weighted by atomic mass is 9.65. The van der Waals surface area contributed by atoms with Crippen molar-refractivity contribution in [2.45, 2.75) is 13.3 Å². The van der Waals surface area contributed by atoms with Gasteiger partial charge >= 0.3 is 17.9 Å². The molecule has 0 aliphatic heterocycles. The minimum atomic E-state index is -1.58. The van der Waals surface area contributed by atoms with E-state index in [0.29, 0.717) is 0 Å². The molecular formula is C10H12O6. The van der Waals surface area contributed by atoms with Crippen LogP contribution in [0.25, 0.3) is 0 Å². The summed E-state index contributed by atoms with van der Waals surface area (Å²) < 4.78 is 0. The average molecular weight is 228 g/mol. The topological polar surface area (TPSA) is 112 Å². The van der Waals surface area contributed by atoms with Gasteiger partial charge in [-0.05, 0) is 13.3 Å². The van der Waals surface area contributed by atoms with Gasteiger partial charge in [0.05, 0.1) is 17.3 Å². The number of carboxylic acid groups (broad SMARTS) is 3. The van der Waals surface area contributed by atoms with Crippen molar-refractivity contribution >= 4 is 17.9 Å². The molecule has 0 radical (unpaired) electrons. The molecule has 0 aromatic rings. The summed E-state index contributed by atoms with van der Waals surface area (Å²) in [6.07, 6.45) is 2.67. The van der Waals surface area contributed by atoms with E-state index in [4.69, 9.17) is 15.3 Å². The smallest absolute Gasteiger partial charge is 0.311 e. The summed E-state index contributed by atoms with van der Waals surface area (Å²) in [5, 5.41) is 26.9. The van der Waals surface area contributed by atoms with Crippen LogP contribution in [-0.4, -0.2) is 33.2 Å². The highest BCUT2D eigenvalue weighted by molar-refractivity contribution is 5.89. The van der Waals surface area contributed by atoms with E-state index in [9.17, 15) is 14.4 Å². The van der Waals surface area contributed by atoms with Crippen molar-refractivity contribution in [3.63, 3.8) is 0 Å². The lowest BCUT2D eigenvalue weighted by molar-refractivity contribution is -0.168. The van der Waals surface area contributed by atoms with Gasteiger partial charge in [-0.1, -0.05) is 12.2 Å². The van der Waals surface area contributed by atoms with Gasteiger partial charge in [-0.3, -0.25) is 14.4 Å². The normalized spacial score (nSPS) is 33.3. The van der Waals surface area contributed by atoms with Gasteiger partial charge < -0.3 is 15.3 Å². The van der Waals surface area contributed by atoms with Crippen LogP contribution >= 0.6 is 0 Å². The van der Waals surface area contributed by atoms with Gasteiger partial charge in [-0.15, -0.1) is 0 Å². The molecule has 88 valence electrons. The maximum absolute atomic E-state index is 11.1. The third-order valence-electron chi connectivity index (χ3n) is 2.97. The Hall–Kier alpha value is -1.85. The summed E-state index contributed by atoms with van der Waals surface area (Å²) in [7, 11) is 0. The highest BCUT2D eigenvalue weighted by atomic mass is 16.4. The number of hydrogen-bond donors (Lipinski definition) is 3. The second kappa shape index (κ2) is 3.96. The predicted octanol–water partition coefficient (Wildman–Crippen LogP) is 0.439. The lowest BCUT2D eigenvalue weighted by Crippen LogP contribution is -2.47. The average Bonchev–Trinajstić information content (AvgIpc) is 2.16. The Morgan fingerprint density at radius 2 is 1.75 bits per heavy atom. The molecule has 0 spiro atoms. The van der Waals surface area contributed by atoms with E-state index in [0.717, 1.165) is 0 Å². The zero-order valence-electron chi connectivity index (χ0n) is 8.58. The fraction of sp³-hybridized carbons (Fsp3) is 0.500. The van der Waals surface area contributed by atoms with Crippen LogP contribution in [0.1, 0.15) is 13.3 Å². The van der Waals surface area contributed by atoms with Crippen LogP contribution in [0.4, 0.5) is 0 Å². The molecule has 3 N–H and O–H groups in total. The van der Waals surface area contributed by atoms with Crippen LogP contribution in [0.15, 0.2) is 12.2 Å². The summed E-state index contributed by atoms with van der Waals surface area (Å²) >= 11 is 0. The first-order valence-electron chi connectivity index (χ1n) is 4.66. The Morgan fingerprint density at radius 1 is 1.19 bits per heavy atom. The van der Waals surface area contributed by atoms with Crippen molar-refractivity contribution in [3.05, 3.63) is 12.2 Å². The van der Waals surface area contributed by atoms with Crippen LogP contribution in [0.3, 0.4) is 0 Å². The summed E-state index contributed by atoms with van der Waals surface area (Å²) in [5.74, 6) is -6.77. The molecule has 0 amide bonds. The first-order valence-corrected chi connectivity index (χ1v) is 4.66. The summed E-state index contributed by atoms with van der Waals surface area (Å²) in [6.45, 7) is 1.26. The lowest BCUT2D eigenvalue weighted by Gasteiger charge is -2.35. The summed E-state index contributed by atoms with van der Waals surface area (Å²) in [4.78, 5) is 33.0. The molecular weight excluding hydrogens is 216 g/mol. The molecule has 3 atom stereocenters. The first-order chi connectivity index (χ1) is 7.30. The molecule has 0 aromatic carbocycles. The van der Waals surface area contributed by atoms with Crippen molar-refractivity contribution < 1.29 is 29.7 Å². The predicted molar refractivity (Wildman–Crippen MR) is 51.8 cm³/mol. The quantitative estimate of drug-likeness (QED) is 0.604. The van der Waals surface area contributed by atoms with Gasteiger partial charge in [0.1, 0.15) is 0 Å². The molecule has 6 heteroatoms.